The van der Waals surface area contributed by atoms with E-state index in [1.807, 2.05) is 0 Å². The summed E-state index contributed by atoms with van der Waals surface area (Å²) in [7, 11) is 0. The Morgan fingerprint density at radius 3 is 3.06 bits per heavy atom. The fraction of sp³-hybridized carbons (Fsp3) is 0.692. The highest BCUT2D eigenvalue weighted by Crippen LogP contribution is 2.32. The van der Waals surface area contributed by atoms with Crippen LogP contribution in [0, 0.1) is 0 Å². The maximum Gasteiger partial charge on any atom is 0.0931 e. The Kier molecular flexibility index (Phi) is 5.22. The summed E-state index contributed by atoms with van der Waals surface area (Å²) in [5.74, 6) is 1.24. The van der Waals surface area contributed by atoms with Crippen LogP contribution in [0.1, 0.15) is 44.7 Å². The number of thiophene rings is 1. The fourth-order valence-corrected chi connectivity index (χ4v) is 4.61. The minimum atomic E-state index is 0.425. The minimum Gasteiger partial charge on any atom is -0.307 e. The highest BCUT2D eigenvalue weighted by molar-refractivity contribution is 7.99. The van der Waals surface area contributed by atoms with Gasteiger partial charge in [0.25, 0.3) is 0 Å². The van der Waals surface area contributed by atoms with Crippen molar-refractivity contribution in [1.29, 1.82) is 0 Å². The molecular formula is C13H20ClNS2. The molecule has 1 aromatic rings. The van der Waals surface area contributed by atoms with Crippen LogP contribution in [0.15, 0.2) is 11.4 Å². The molecule has 0 spiro atoms. The molecule has 1 fully saturated rings. The van der Waals surface area contributed by atoms with E-state index in [4.69, 9.17) is 11.6 Å². The number of rotatable bonds is 5. The lowest BCUT2D eigenvalue weighted by atomic mass is 10.1. The van der Waals surface area contributed by atoms with Crippen molar-refractivity contribution in [2.24, 2.45) is 0 Å². The Labute approximate surface area is 117 Å². The van der Waals surface area contributed by atoms with Gasteiger partial charge in [0.1, 0.15) is 0 Å². The van der Waals surface area contributed by atoms with E-state index in [9.17, 15) is 0 Å². The largest absolute Gasteiger partial charge is 0.307 e. The van der Waals surface area contributed by atoms with E-state index in [0.29, 0.717) is 12.1 Å². The van der Waals surface area contributed by atoms with Gasteiger partial charge in [-0.05, 0) is 48.9 Å². The van der Waals surface area contributed by atoms with Crippen LogP contribution in [0.5, 0.6) is 0 Å². The van der Waals surface area contributed by atoms with Crippen molar-refractivity contribution < 1.29 is 0 Å². The molecule has 0 bridgehead atoms. The Morgan fingerprint density at radius 2 is 2.41 bits per heavy atom. The second-order valence-corrected chi connectivity index (χ2v) is 7.78. The molecule has 1 aliphatic rings. The highest BCUT2D eigenvalue weighted by Gasteiger charge is 2.25. The van der Waals surface area contributed by atoms with Crippen LogP contribution in [0.25, 0.3) is 0 Å². The first-order valence-corrected chi connectivity index (χ1v) is 8.61. The lowest BCUT2D eigenvalue weighted by Crippen LogP contribution is -2.29. The third kappa shape index (κ3) is 3.88. The topological polar surface area (TPSA) is 12.0 Å². The molecule has 0 saturated heterocycles. The van der Waals surface area contributed by atoms with Crippen LogP contribution in [0.2, 0.25) is 4.34 Å². The summed E-state index contributed by atoms with van der Waals surface area (Å²) in [6, 6.07) is 3.19. The Bertz CT molecular complexity index is 353. The highest BCUT2D eigenvalue weighted by atomic mass is 35.5. The molecule has 1 nitrogen and oxygen atoms in total. The van der Waals surface area contributed by atoms with Crippen LogP contribution in [0.4, 0.5) is 0 Å². The monoisotopic (exact) mass is 289 g/mol. The average molecular weight is 290 g/mol. The summed E-state index contributed by atoms with van der Waals surface area (Å²) >= 11 is 9.70. The molecule has 0 aromatic carbocycles. The quantitative estimate of drug-likeness (QED) is 0.841. The zero-order chi connectivity index (χ0) is 12.3. The van der Waals surface area contributed by atoms with Gasteiger partial charge in [0.15, 0.2) is 0 Å². The summed E-state index contributed by atoms with van der Waals surface area (Å²) in [6.45, 7) is 4.49. The lowest BCUT2D eigenvalue weighted by Gasteiger charge is -2.18. The molecule has 0 radical (unpaired) electrons. The van der Waals surface area contributed by atoms with Gasteiger partial charge in [-0.1, -0.05) is 18.5 Å². The maximum atomic E-state index is 5.97. The van der Waals surface area contributed by atoms with Gasteiger partial charge in [0.05, 0.1) is 4.34 Å². The third-order valence-corrected chi connectivity index (χ3v) is 5.70. The smallest absolute Gasteiger partial charge is 0.0931 e. The first-order valence-electron chi connectivity index (χ1n) is 6.30. The van der Waals surface area contributed by atoms with E-state index in [-0.39, 0.29) is 0 Å². The van der Waals surface area contributed by atoms with Crippen molar-refractivity contribution in [3.8, 4) is 0 Å². The van der Waals surface area contributed by atoms with Crippen molar-refractivity contribution in [2.45, 2.75) is 50.4 Å². The van der Waals surface area contributed by atoms with E-state index >= 15 is 0 Å². The van der Waals surface area contributed by atoms with E-state index in [0.717, 1.165) is 9.59 Å². The average Bonchev–Trinajstić information content (AvgIpc) is 2.88. The molecule has 1 aromatic heterocycles. The molecule has 1 heterocycles. The fourth-order valence-electron chi connectivity index (χ4n) is 2.48. The van der Waals surface area contributed by atoms with Crippen LogP contribution in [-0.2, 0) is 0 Å². The maximum absolute atomic E-state index is 5.97. The summed E-state index contributed by atoms with van der Waals surface area (Å²) in [5, 5.41) is 6.76. The zero-order valence-electron chi connectivity index (χ0n) is 10.4. The third-order valence-electron chi connectivity index (χ3n) is 3.36. The number of halogens is 1. The van der Waals surface area contributed by atoms with Gasteiger partial charge < -0.3 is 5.32 Å². The van der Waals surface area contributed by atoms with Crippen LogP contribution in [-0.4, -0.2) is 17.0 Å². The van der Waals surface area contributed by atoms with Gasteiger partial charge in [0.2, 0.25) is 0 Å². The van der Waals surface area contributed by atoms with Crippen molar-refractivity contribution in [3.05, 3.63) is 21.3 Å². The molecule has 1 N–H and O–H groups in total. The predicted molar refractivity (Wildman–Crippen MR) is 80.4 cm³/mol. The molecule has 96 valence electrons. The standard InChI is InChI=1S/C13H20ClNS2/c1-3-16-12-5-4-11(7-12)15-9(2)10-6-13(14)17-8-10/h6,8-9,11-12,15H,3-5,7H2,1-2H3. The molecule has 3 unspecified atom stereocenters. The van der Waals surface area contributed by atoms with Crippen molar-refractivity contribution in [2.75, 3.05) is 5.75 Å². The Balaban J connectivity index is 1.82. The van der Waals surface area contributed by atoms with Crippen molar-refractivity contribution >= 4 is 34.7 Å². The van der Waals surface area contributed by atoms with Gasteiger partial charge in [-0.15, -0.1) is 11.3 Å². The molecule has 2 rings (SSSR count). The summed E-state index contributed by atoms with van der Waals surface area (Å²) in [6.07, 6.45) is 4.01. The van der Waals surface area contributed by atoms with Crippen molar-refractivity contribution in [3.63, 3.8) is 0 Å². The van der Waals surface area contributed by atoms with Crippen LogP contribution >= 0.6 is 34.7 Å². The van der Waals surface area contributed by atoms with E-state index in [1.54, 1.807) is 11.3 Å². The summed E-state index contributed by atoms with van der Waals surface area (Å²) in [5.41, 5.74) is 1.33. The zero-order valence-corrected chi connectivity index (χ0v) is 12.8. The van der Waals surface area contributed by atoms with Crippen LogP contribution < -0.4 is 5.32 Å². The SMILES string of the molecule is CCSC1CCC(NC(C)c2csc(Cl)c2)C1. The number of hydrogen-bond acceptors (Lipinski definition) is 3. The summed E-state index contributed by atoms with van der Waals surface area (Å²) < 4.78 is 0.888. The molecule has 0 aliphatic heterocycles. The van der Waals surface area contributed by atoms with Crippen molar-refractivity contribution in [1.82, 2.24) is 5.32 Å². The molecule has 1 saturated carbocycles. The first-order chi connectivity index (χ1) is 8.19. The van der Waals surface area contributed by atoms with E-state index in [2.05, 4.69) is 42.4 Å². The van der Waals surface area contributed by atoms with Gasteiger partial charge in [-0.2, -0.15) is 11.8 Å². The Hall–Kier alpha value is 0.300. The van der Waals surface area contributed by atoms with Gasteiger partial charge in [0, 0.05) is 17.3 Å². The normalized spacial score (nSPS) is 26.3. The molecule has 17 heavy (non-hydrogen) atoms. The molecular weight excluding hydrogens is 270 g/mol. The van der Waals surface area contributed by atoms with Gasteiger partial charge in [-0.3, -0.25) is 0 Å². The lowest BCUT2D eigenvalue weighted by molar-refractivity contribution is 0.463. The second-order valence-electron chi connectivity index (χ2n) is 4.66. The predicted octanol–water partition coefficient (Wildman–Crippen LogP) is 4.73. The minimum absolute atomic E-state index is 0.425. The Morgan fingerprint density at radius 1 is 1.59 bits per heavy atom. The molecule has 4 heteroatoms. The van der Waals surface area contributed by atoms with Crippen LogP contribution in [0.3, 0.4) is 0 Å². The molecule has 0 amide bonds. The van der Waals surface area contributed by atoms with E-state index < -0.39 is 0 Å². The summed E-state index contributed by atoms with van der Waals surface area (Å²) in [4.78, 5) is 0. The number of thioether (sulfide) groups is 1. The number of hydrogen-bond donors (Lipinski definition) is 1. The molecule has 3 atom stereocenters. The molecule has 1 aliphatic carbocycles. The second kappa shape index (κ2) is 6.46. The van der Waals surface area contributed by atoms with Gasteiger partial charge in [-0.25, -0.2) is 0 Å². The van der Waals surface area contributed by atoms with E-state index in [1.165, 1.54) is 30.6 Å². The van der Waals surface area contributed by atoms with Gasteiger partial charge >= 0.3 is 0 Å². The number of nitrogens with one attached hydrogen (secondary N) is 1. The first kappa shape index (κ1) is 13.7.